The number of hydrogen-bond donors (Lipinski definition) is 1. The monoisotopic (exact) mass is 369 g/mol. The highest BCUT2D eigenvalue weighted by atomic mass is 16.5. The first-order valence-electron chi connectivity index (χ1n) is 10.4. The van der Waals surface area contributed by atoms with Gasteiger partial charge in [0.05, 0.1) is 13.2 Å². The molecule has 1 unspecified atom stereocenters. The number of hydrogen-bond acceptors (Lipinski definition) is 3. The van der Waals surface area contributed by atoms with Gasteiger partial charge in [0, 0.05) is 5.69 Å². The van der Waals surface area contributed by atoms with E-state index in [-0.39, 0.29) is 6.10 Å². The fourth-order valence-corrected chi connectivity index (χ4v) is 2.87. The van der Waals surface area contributed by atoms with E-state index in [1.54, 1.807) is 0 Å². The van der Waals surface area contributed by atoms with E-state index in [1.165, 1.54) is 31.2 Å². The summed E-state index contributed by atoms with van der Waals surface area (Å²) < 4.78 is 11.9. The lowest BCUT2D eigenvalue weighted by Gasteiger charge is -2.19. The first-order valence-corrected chi connectivity index (χ1v) is 10.4. The number of nitrogens with one attached hydrogen (secondary N) is 1. The Morgan fingerprint density at radius 1 is 0.815 bits per heavy atom. The minimum Gasteiger partial charge on any atom is -0.494 e. The number of benzene rings is 2. The Morgan fingerprint density at radius 3 is 2.15 bits per heavy atom. The SMILES string of the molecule is CCCCCCCOc1ccc(NCC(CC)Oc2ccc(C)cc2)cc1. The van der Waals surface area contributed by atoms with Crippen molar-refractivity contribution in [2.24, 2.45) is 0 Å². The quantitative estimate of drug-likeness (QED) is 0.403. The summed E-state index contributed by atoms with van der Waals surface area (Å²) in [6.07, 6.45) is 7.41. The Balaban J connectivity index is 1.70. The summed E-state index contributed by atoms with van der Waals surface area (Å²) in [6, 6.07) is 16.5. The van der Waals surface area contributed by atoms with Crippen LogP contribution in [-0.2, 0) is 0 Å². The molecule has 3 nitrogen and oxygen atoms in total. The van der Waals surface area contributed by atoms with Gasteiger partial charge in [0.15, 0.2) is 0 Å². The van der Waals surface area contributed by atoms with Crippen LogP contribution in [0.15, 0.2) is 48.5 Å². The Bertz CT molecular complexity index is 622. The molecule has 148 valence electrons. The van der Waals surface area contributed by atoms with E-state index in [1.807, 2.05) is 24.3 Å². The zero-order valence-electron chi connectivity index (χ0n) is 17.2. The van der Waals surface area contributed by atoms with Crippen LogP contribution in [0.2, 0.25) is 0 Å². The highest BCUT2D eigenvalue weighted by molar-refractivity contribution is 5.46. The van der Waals surface area contributed by atoms with Gasteiger partial charge >= 0.3 is 0 Å². The molecule has 1 N–H and O–H groups in total. The van der Waals surface area contributed by atoms with Crippen LogP contribution in [0.5, 0.6) is 11.5 Å². The second-order valence-corrected chi connectivity index (χ2v) is 7.13. The number of ether oxygens (including phenoxy) is 2. The van der Waals surface area contributed by atoms with Crippen LogP contribution in [0, 0.1) is 6.92 Å². The first-order chi connectivity index (χ1) is 13.2. The van der Waals surface area contributed by atoms with E-state index in [4.69, 9.17) is 9.47 Å². The highest BCUT2D eigenvalue weighted by Crippen LogP contribution is 2.18. The maximum absolute atomic E-state index is 6.07. The largest absolute Gasteiger partial charge is 0.494 e. The Kier molecular flexibility index (Phi) is 9.61. The average molecular weight is 370 g/mol. The van der Waals surface area contributed by atoms with Gasteiger partial charge in [0.25, 0.3) is 0 Å². The molecule has 0 fully saturated rings. The maximum Gasteiger partial charge on any atom is 0.119 e. The maximum atomic E-state index is 6.07. The lowest BCUT2D eigenvalue weighted by molar-refractivity contribution is 0.210. The van der Waals surface area contributed by atoms with Crippen molar-refractivity contribution >= 4 is 5.69 Å². The van der Waals surface area contributed by atoms with Gasteiger partial charge < -0.3 is 14.8 Å². The molecule has 0 aliphatic carbocycles. The lowest BCUT2D eigenvalue weighted by atomic mass is 10.2. The molecule has 0 saturated carbocycles. The van der Waals surface area contributed by atoms with E-state index in [9.17, 15) is 0 Å². The van der Waals surface area contributed by atoms with Crippen molar-refractivity contribution in [1.29, 1.82) is 0 Å². The number of anilines is 1. The summed E-state index contributed by atoms with van der Waals surface area (Å²) in [4.78, 5) is 0. The van der Waals surface area contributed by atoms with Crippen LogP contribution in [0.4, 0.5) is 5.69 Å². The van der Waals surface area contributed by atoms with E-state index < -0.39 is 0 Å². The molecule has 27 heavy (non-hydrogen) atoms. The lowest BCUT2D eigenvalue weighted by Crippen LogP contribution is -2.25. The summed E-state index contributed by atoms with van der Waals surface area (Å²) in [6.45, 7) is 8.06. The highest BCUT2D eigenvalue weighted by Gasteiger charge is 2.08. The molecule has 0 radical (unpaired) electrons. The molecule has 0 saturated heterocycles. The molecule has 1 atom stereocenters. The molecular weight excluding hydrogens is 334 g/mol. The molecule has 2 rings (SSSR count). The van der Waals surface area contributed by atoms with Crippen molar-refractivity contribution in [2.45, 2.75) is 65.4 Å². The molecule has 2 aromatic rings. The topological polar surface area (TPSA) is 30.5 Å². The zero-order chi connectivity index (χ0) is 19.3. The molecule has 2 aromatic carbocycles. The summed E-state index contributed by atoms with van der Waals surface area (Å²) >= 11 is 0. The molecule has 0 bridgehead atoms. The van der Waals surface area contributed by atoms with Crippen molar-refractivity contribution < 1.29 is 9.47 Å². The van der Waals surface area contributed by atoms with Crippen LogP contribution in [0.1, 0.15) is 57.9 Å². The van der Waals surface area contributed by atoms with Crippen LogP contribution in [-0.4, -0.2) is 19.3 Å². The standard InChI is InChI=1S/C24H35NO2/c1-4-6-7-8-9-18-26-23-16-12-21(13-17-23)25-19-22(5-2)27-24-14-10-20(3)11-15-24/h10-17,22,25H,4-9,18-19H2,1-3H3. The van der Waals surface area contributed by atoms with Gasteiger partial charge in [-0.1, -0.05) is 57.2 Å². The molecule has 0 amide bonds. The summed E-state index contributed by atoms with van der Waals surface area (Å²) in [5.41, 5.74) is 2.34. The third kappa shape index (κ3) is 8.38. The van der Waals surface area contributed by atoms with Crippen molar-refractivity contribution in [3.8, 4) is 11.5 Å². The van der Waals surface area contributed by atoms with Gasteiger partial charge in [0.1, 0.15) is 17.6 Å². The zero-order valence-corrected chi connectivity index (χ0v) is 17.2. The summed E-state index contributed by atoms with van der Waals surface area (Å²) in [7, 11) is 0. The summed E-state index contributed by atoms with van der Waals surface area (Å²) in [5, 5.41) is 3.46. The van der Waals surface area contributed by atoms with Crippen LogP contribution < -0.4 is 14.8 Å². The Morgan fingerprint density at radius 2 is 1.48 bits per heavy atom. The Labute approximate surface area is 165 Å². The van der Waals surface area contributed by atoms with Crippen molar-refractivity contribution in [1.82, 2.24) is 0 Å². The van der Waals surface area contributed by atoms with Gasteiger partial charge in [-0.05, 0) is 56.2 Å². The predicted molar refractivity (Wildman–Crippen MR) is 115 cm³/mol. The van der Waals surface area contributed by atoms with E-state index in [2.05, 4.69) is 50.4 Å². The minimum absolute atomic E-state index is 0.145. The van der Waals surface area contributed by atoms with Crippen molar-refractivity contribution in [3.05, 3.63) is 54.1 Å². The first kappa shape index (κ1) is 21.1. The van der Waals surface area contributed by atoms with Gasteiger partial charge in [-0.2, -0.15) is 0 Å². The molecule has 0 aromatic heterocycles. The molecule has 0 aliphatic rings. The molecule has 3 heteroatoms. The molecule has 0 spiro atoms. The predicted octanol–water partition coefficient (Wildman–Crippen LogP) is 6.61. The fraction of sp³-hybridized carbons (Fsp3) is 0.500. The number of rotatable bonds is 13. The number of aryl methyl sites for hydroxylation is 1. The van der Waals surface area contributed by atoms with Crippen molar-refractivity contribution in [2.75, 3.05) is 18.5 Å². The molecule has 0 heterocycles. The van der Waals surface area contributed by atoms with Crippen LogP contribution >= 0.6 is 0 Å². The van der Waals surface area contributed by atoms with Gasteiger partial charge in [-0.25, -0.2) is 0 Å². The van der Waals surface area contributed by atoms with E-state index in [0.29, 0.717) is 0 Å². The second kappa shape index (κ2) is 12.3. The summed E-state index contributed by atoms with van der Waals surface area (Å²) in [5.74, 6) is 1.87. The Hall–Kier alpha value is -2.16. The molecule has 0 aliphatic heterocycles. The normalized spacial score (nSPS) is 11.8. The van der Waals surface area contributed by atoms with E-state index >= 15 is 0 Å². The van der Waals surface area contributed by atoms with Crippen LogP contribution in [0.3, 0.4) is 0 Å². The number of unbranched alkanes of at least 4 members (excludes halogenated alkanes) is 4. The van der Waals surface area contributed by atoms with Gasteiger partial charge in [0.2, 0.25) is 0 Å². The average Bonchev–Trinajstić information content (AvgIpc) is 2.70. The minimum atomic E-state index is 0.145. The molecular formula is C24H35NO2. The van der Waals surface area contributed by atoms with Crippen molar-refractivity contribution in [3.63, 3.8) is 0 Å². The van der Waals surface area contributed by atoms with Gasteiger partial charge in [-0.15, -0.1) is 0 Å². The second-order valence-electron chi connectivity index (χ2n) is 7.13. The van der Waals surface area contributed by atoms with Crippen LogP contribution in [0.25, 0.3) is 0 Å². The van der Waals surface area contributed by atoms with Gasteiger partial charge in [-0.3, -0.25) is 0 Å². The smallest absolute Gasteiger partial charge is 0.119 e. The third-order valence-electron chi connectivity index (χ3n) is 4.68. The van der Waals surface area contributed by atoms with E-state index in [0.717, 1.165) is 43.2 Å². The third-order valence-corrected chi connectivity index (χ3v) is 4.68. The fourth-order valence-electron chi connectivity index (χ4n) is 2.87.